The number of hydrogen-bond donors (Lipinski definition) is 1. The molecule has 0 saturated heterocycles. The molecule has 1 aromatic carbocycles. The summed E-state index contributed by atoms with van der Waals surface area (Å²) in [4.78, 5) is 12.0. The van der Waals surface area contributed by atoms with Crippen molar-refractivity contribution in [1.82, 2.24) is 5.32 Å². The van der Waals surface area contributed by atoms with Crippen LogP contribution in [0.15, 0.2) is 23.1 Å². The van der Waals surface area contributed by atoms with E-state index in [0.717, 1.165) is 12.8 Å². The fourth-order valence-electron chi connectivity index (χ4n) is 2.03. The van der Waals surface area contributed by atoms with Crippen molar-refractivity contribution in [3.05, 3.63) is 29.3 Å². The molecule has 1 rings (SSSR count). The fraction of sp³-hybridized carbons (Fsp3) is 0.533. The molecule has 118 valence electrons. The van der Waals surface area contributed by atoms with E-state index in [2.05, 4.69) is 19.2 Å². The van der Waals surface area contributed by atoms with Gasteiger partial charge in [-0.2, -0.15) is 0 Å². The number of nitrogens with one attached hydrogen (secondary N) is 1. The lowest BCUT2D eigenvalue weighted by Gasteiger charge is -2.09. The van der Waals surface area contributed by atoms with Gasteiger partial charge >= 0.3 is 0 Å². The van der Waals surface area contributed by atoms with Gasteiger partial charge in [-0.3, -0.25) is 4.79 Å². The number of hydrogen-bond acceptors (Lipinski definition) is 3. The zero-order valence-electron chi connectivity index (χ0n) is 12.6. The lowest BCUT2D eigenvalue weighted by atomic mass is 10.1. The van der Waals surface area contributed by atoms with Crippen molar-refractivity contribution < 1.29 is 13.2 Å². The van der Waals surface area contributed by atoms with E-state index >= 15 is 0 Å². The molecule has 0 atom stereocenters. The van der Waals surface area contributed by atoms with Crippen LogP contribution in [0.5, 0.6) is 0 Å². The Kier molecular flexibility index (Phi) is 6.68. The summed E-state index contributed by atoms with van der Waals surface area (Å²) in [7, 11) is 1.58. The van der Waals surface area contributed by atoms with Gasteiger partial charge in [0, 0.05) is 22.8 Å². The summed E-state index contributed by atoms with van der Waals surface area (Å²) in [6.07, 6.45) is 2.48. The first-order valence-electron chi connectivity index (χ1n) is 7.11. The second kappa shape index (κ2) is 7.80. The number of carbonyl (C=O) groups excluding carboxylic acids is 1. The van der Waals surface area contributed by atoms with Crippen molar-refractivity contribution in [2.24, 2.45) is 5.92 Å². The van der Waals surface area contributed by atoms with Crippen LogP contribution >= 0.6 is 10.7 Å². The summed E-state index contributed by atoms with van der Waals surface area (Å²) in [5.41, 5.74) is 0.928. The molecule has 0 aliphatic carbocycles. The first-order valence-corrected chi connectivity index (χ1v) is 9.42. The molecular weight excluding hydrogens is 310 g/mol. The van der Waals surface area contributed by atoms with Crippen LogP contribution in [0, 0.1) is 5.92 Å². The molecule has 0 bridgehead atoms. The van der Waals surface area contributed by atoms with Crippen LogP contribution in [-0.2, 0) is 15.5 Å². The number of benzene rings is 1. The number of carbonyl (C=O) groups is 1. The van der Waals surface area contributed by atoms with E-state index in [1.807, 2.05) is 6.92 Å². The summed E-state index contributed by atoms with van der Waals surface area (Å²) < 4.78 is 23.1. The second-order valence-corrected chi connectivity index (χ2v) is 7.94. The minimum Gasteiger partial charge on any atom is -0.352 e. The summed E-state index contributed by atoms with van der Waals surface area (Å²) in [5.74, 6) is 0.321. The van der Waals surface area contributed by atoms with Gasteiger partial charge < -0.3 is 5.32 Å². The molecule has 0 spiro atoms. The highest BCUT2D eigenvalue weighted by molar-refractivity contribution is 8.13. The smallest absolute Gasteiger partial charge is 0.261 e. The van der Waals surface area contributed by atoms with E-state index in [0.29, 0.717) is 30.0 Å². The molecule has 0 aliphatic heterocycles. The van der Waals surface area contributed by atoms with E-state index < -0.39 is 9.05 Å². The predicted octanol–water partition coefficient (Wildman–Crippen LogP) is 3.34. The van der Waals surface area contributed by atoms with Gasteiger partial charge in [-0.25, -0.2) is 8.42 Å². The Bertz CT molecular complexity index is 597. The Hall–Kier alpha value is -1.07. The summed E-state index contributed by atoms with van der Waals surface area (Å²) in [6.45, 7) is 6.67. The molecule has 0 aromatic heterocycles. The molecule has 1 amide bonds. The standard InChI is InChI=1S/C15H22ClNO3S/c1-4-12-7-8-13(10-14(12)21(16,19)20)15(18)17-9-5-6-11(2)3/h7-8,10-11H,4-6,9H2,1-3H3,(H,17,18). The average Bonchev–Trinajstić information content (AvgIpc) is 2.41. The summed E-state index contributed by atoms with van der Waals surface area (Å²) in [6, 6.07) is 4.61. The van der Waals surface area contributed by atoms with Crippen molar-refractivity contribution >= 4 is 25.6 Å². The van der Waals surface area contributed by atoms with Crippen LogP contribution < -0.4 is 5.32 Å². The van der Waals surface area contributed by atoms with Crippen molar-refractivity contribution in [2.75, 3.05) is 6.54 Å². The third kappa shape index (κ3) is 5.67. The Labute approximate surface area is 131 Å². The van der Waals surface area contributed by atoms with Gasteiger partial charge in [0.15, 0.2) is 0 Å². The van der Waals surface area contributed by atoms with Crippen LogP contribution in [0.4, 0.5) is 0 Å². The SMILES string of the molecule is CCc1ccc(C(=O)NCCCC(C)C)cc1S(=O)(=O)Cl. The molecule has 6 heteroatoms. The molecule has 0 aliphatic rings. The zero-order valence-corrected chi connectivity index (χ0v) is 14.2. The molecular formula is C15H22ClNO3S. The first-order chi connectivity index (χ1) is 9.75. The normalized spacial score (nSPS) is 11.7. The van der Waals surface area contributed by atoms with Crippen LogP contribution in [0.25, 0.3) is 0 Å². The van der Waals surface area contributed by atoms with E-state index in [-0.39, 0.29) is 10.8 Å². The Balaban J connectivity index is 2.82. The number of aryl methyl sites for hydroxylation is 1. The van der Waals surface area contributed by atoms with Gasteiger partial charge in [0.25, 0.3) is 15.0 Å². The van der Waals surface area contributed by atoms with Crippen LogP contribution in [0.3, 0.4) is 0 Å². The van der Waals surface area contributed by atoms with Gasteiger partial charge in [-0.15, -0.1) is 0 Å². The maximum Gasteiger partial charge on any atom is 0.261 e. The number of halogens is 1. The third-order valence-electron chi connectivity index (χ3n) is 3.22. The molecule has 1 N–H and O–H groups in total. The largest absolute Gasteiger partial charge is 0.352 e. The molecule has 4 nitrogen and oxygen atoms in total. The highest BCUT2D eigenvalue weighted by atomic mass is 35.7. The van der Waals surface area contributed by atoms with Crippen molar-refractivity contribution in [1.29, 1.82) is 0 Å². The minimum atomic E-state index is -3.85. The van der Waals surface area contributed by atoms with Crippen LogP contribution in [-0.4, -0.2) is 20.9 Å². The average molecular weight is 332 g/mol. The van der Waals surface area contributed by atoms with Crippen molar-refractivity contribution in [2.45, 2.75) is 44.9 Å². The Morgan fingerprint density at radius 1 is 1.33 bits per heavy atom. The summed E-state index contributed by atoms with van der Waals surface area (Å²) in [5, 5.41) is 2.79. The quantitative estimate of drug-likeness (QED) is 0.615. The lowest BCUT2D eigenvalue weighted by Crippen LogP contribution is -2.25. The van der Waals surface area contributed by atoms with E-state index in [4.69, 9.17) is 10.7 Å². The van der Waals surface area contributed by atoms with Crippen LogP contribution in [0.1, 0.15) is 49.5 Å². The molecule has 0 unspecified atom stereocenters. The predicted molar refractivity (Wildman–Crippen MR) is 85.3 cm³/mol. The molecule has 0 radical (unpaired) electrons. The maximum atomic E-state index is 12.0. The number of amides is 1. The lowest BCUT2D eigenvalue weighted by molar-refractivity contribution is 0.0952. The third-order valence-corrected chi connectivity index (χ3v) is 4.62. The summed E-state index contributed by atoms with van der Waals surface area (Å²) >= 11 is 0. The van der Waals surface area contributed by atoms with Gasteiger partial charge in [-0.1, -0.05) is 26.8 Å². The fourth-order valence-corrected chi connectivity index (χ4v) is 3.25. The monoisotopic (exact) mass is 331 g/mol. The van der Waals surface area contributed by atoms with Gasteiger partial charge in [0.05, 0.1) is 4.90 Å². The first kappa shape index (κ1) is 18.0. The van der Waals surface area contributed by atoms with Crippen molar-refractivity contribution in [3.63, 3.8) is 0 Å². The number of rotatable bonds is 7. The minimum absolute atomic E-state index is 0.0153. The molecule has 0 saturated carbocycles. The highest BCUT2D eigenvalue weighted by Crippen LogP contribution is 2.22. The van der Waals surface area contributed by atoms with Crippen LogP contribution in [0.2, 0.25) is 0 Å². The highest BCUT2D eigenvalue weighted by Gasteiger charge is 2.17. The van der Waals surface area contributed by atoms with Gasteiger partial charge in [0.2, 0.25) is 0 Å². The Morgan fingerprint density at radius 2 is 2.00 bits per heavy atom. The molecule has 1 aromatic rings. The van der Waals surface area contributed by atoms with Gasteiger partial charge in [0.1, 0.15) is 0 Å². The van der Waals surface area contributed by atoms with Gasteiger partial charge in [-0.05, 0) is 42.9 Å². The molecule has 0 heterocycles. The molecule has 21 heavy (non-hydrogen) atoms. The van der Waals surface area contributed by atoms with E-state index in [1.165, 1.54) is 6.07 Å². The van der Waals surface area contributed by atoms with E-state index in [1.54, 1.807) is 12.1 Å². The Morgan fingerprint density at radius 3 is 2.52 bits per heavy atom. The van der Waals surface area contributed by atoms with Crippen molar-refractivity contribution in [3.8, 4) is 0 Å². The van der Waals surface area contributed by atoms with E-state index in [9.17, 15) is 13.2 Å². The molecule has 0 fully saturated rings. The topological polar surface area (TPSA) is 63.2 Å². The zero-order chi connectivity index (χ0) is 16.0. The second-order valence-electron chi connectivity index (χ2n) is 5.41. The maximum absolute atomic E-state index is 12.0.